The molecule has 1 aliphatic heterocycles. The van der Waals surface area contributed by atoms with Gasteiger partial charge >= 0.3 is 0 Å². The number of hydrogen-bond acceptors (Lipinski definition) is 5. The number of morpholine rings is 1. The van der Waals surface area contributed by atoms with Crippen LogP contribution in [-0.4, -0.2) is 49.4 Å². The van der Waals surface area contributed by atoms with Gasteiger partial charge in [0, 0.05) is 17.8 Å². The van der Waals surface area contributed by atoms with Crippen LogP contribution in [0.15, 0.2) is 6.33 Å². The molecule has 0 aromatic carbocycles. The molecule has 0 amide bonds. The Morgan fingerprint density at radius 3 is 3.05 bits per heavy atom. The minimum absolute atomic E-state index is 0.913. The first kappa shape index (κ1) is 14.4. The predicted molar refractivity (Wildman–Crippen MR) is 88.9 cm³/mol. The van der Waals surface area contributed by atoms with Gasteiger partial charge in [0.2, 0.25) is 0 Å². The molecule has 0 atom stereocenters. The number of hydrogen-bond donors (Lipinski definition) is 2. The first-order valence-corrected chi connectivity index (χ1v) is 9.14. The second kappa shape index (κ2) is 6.48. The van der Waals surface area contributed by atoms with Gasteiger partial charge in [-0.05, 0) is 24.8 Å². The van der Waals surface area contributed by atoms with Crippen molar-refractivity contribution in [1.82, 2.24) is 9.97 Å². The number of aryl methyl sites for hydroxylation is 2. The van der Waals surface area contributed by atoms with Crippen molar-refractivity contribution >= 4 is 27.4 Å². The zero-order valence-corrected chi connectivity index (χ0v) is 13.7. The van der Waals surface area contributed by atoms with Gasteiger partial charge in [-0.2, -0.15) is 0 Å². The summed E-state index contributed by atoms with van der Waals surface area (Å²) in [5.74, 6) is 1.04. The minimum Gasteiger partial charge on any atom is -0.370 e. The summed E-state index contributed by atoms with van der Waals surface area (Å²) in [6.45, 7) is 6.33. The molecule has 1 aliphatic carbocycles. The lowest BCUT2D eigenvalue weighted by atomic mass is 10.2. The van der Waals surface area contributed by atoms with E-state index >= 15 is 0 Å². The molecule has 118 valence electrons. The van der Waals surface area contributed by atoms with E-state index in [1.807, 2.05) is 11.3 Å². The highest BCUT2D eigenvalue weighted by atomic mass is 32.1. The molecule has 1 saturated heterocycles. The molecule has 5 nitrogen and oxygen atoms in total. The summed E-state index contributed by atoms with van der Waals surface area (Å²) < 4.78 is 5.41. The molecule has 2 aliphatic rings. The van der Waals surface area contributed by atoms with Crippen LogP contribution in [-0.2, 0) is 17.6 Å². The van der Waals surface area contributed by atoms with Crippen molar-refractivity contribution in [3.8, 4) is 0 Å². The van der Waals surface area contributed by atoms with Crippen LogP contribution >= 0.6 is 11.3 Å². The Bertz CT molecular complexity index is 651. The number of thiophene rings is 1. The maximum absolute atomic E-state index is 5.41. The van der Waals surface area contributed by atoms with Crippen molar-refractivity contribution in [2.24, 2.45) is 0 Å². The molecular weight excluding hydrogens is 296 g/mol. The van der Waals surface area contributed by atoms with E-state index in [4.69, 9.17) is 4.74 Å². The molecule has 1 fully saturated rings. The van der Waals surface area contributed by atoms with E-state index in [0.717, 1.165) is 43.5 Å². The number of ether oxygens (including phenoxy) is 1. The number of fused-ring (bicyclic) bond motifs is 3. The fourth-order valence-electron chi connectivity index (χ4n) is 3.52. The highest BCUT2D eigenvalue weighted by Gasteiger charge is 2.21. The van der Waals surface area contributed by atoms with Crippen molar-refractivity contribution < 1.29 is 9.64 Å². The Morgan fingerprint density at radius 2 is 2.14 bits per heavy atom. The van der Waals surface area contributed by atoms with Crippen LogP contribution in [0.3, 0.4) is 0 Å². The lowest BCUT2D eigenvalue weighted by molar-refractivity contribution is -0.908. The average molecular weight is 319 g/mol. The molecule has 0 radical (unpaired) electrons. The van der Waals surface area contributed by atoms with Crippen molar-refractivity contribution in [3.63, 3.8) is 0 Å². The van der Waals surface area contributed by atoms with Gasteiger partial charge in [-0.25, -0.2) is 9.97 Å². The van der Waals surface area contributed by atoms with Crippen LogP contribution in [0.25, 0.3) is 10.2 Å². The smallest absolute Gasteiger partial charge is 0.138 e. The van der Waals surface area contributed by atoms with Gasteiger partial charge in [0.1, 0.15) is 30.1 Å². The number of nitrogens with one attached hydrogen (secondary N) is 2. The molecule has 4 rings (SSSR count). The fourth-order valence-corrected chi connectivity index (χ4v) is 4.75. The summed E-state index contributed by atoms with van der Waals surface area (Å²) in [7, 11) is 0. The van der Waals surface area contributed by atoms with Crippen LogP contribution in [0, 0.1) is 0 Å². The summed E-state index contributed by atoms with van der Waals surface area (Å²) in [5, 5.41) is 4.84. The van der Waals surface area contributed by atoms with Crippen LogP contribution in [0.1, 0.15) is 23.3 Å². The van der Waals surface area contributed by atoms with Gasteiger partial charge in [0.25, 0.3) is 0 Å². The van der Waals surface area contributed by atoms with E-state index in [1.165, 1.54) is 48.1 Å². The number of rotatable bonds is 5. The quantitative estimate of drug-likeness (QED) is 0.804. The molecule has 2 N–H and O–H groups in total. The molecule has 0 bridgehead atoms. The van der Waals surface area contributed by atoms with Gasteiger partial charge in [0.05, 0.1) is 25.1 Å². The Morgan fingerprint density at radius 1 is 1.23 bits per heavy atom. The molecule has 6 heteroatoms. The topological polar surface area (TPSA) is 51.5 Å². The predicted octanol–water partition coefficient (Wildman–Crippen LogP) is 0.897. The van der Waals surface area contributed by atoms with E-state index in [9.17, 15) is 0 Å². The van der Waals surface area contributed by atoms with Crippen LogP contribution < -0.4 is 10.2 Å². The highest BCUT2D eigenvalue weighted by molar-refractivity contribution is 7.19. The van der Waals surface area contributed by atoms with Gasteiger partial charge in [-0.15, -0.1) is 11.3 Å². The van der Waals surface area contributed by atoms with Crippen molar-refractivity contribution in [1.29, 1.82) is 0 Å². The third-order valence-corrected chi connectivity index (χ3v) is 5.90. The van der Waals surface area contributed by atoms with E-state index in [1.54, 1.807) is 11.2 Å². The Kier molecular flexibility index (Phi) is 4.23. The molecule has 0 saturated carbocycles. The second-order valence-electron chi connectivity index (χ2n) is 6.15. The Balaban J connectivity index is 1.39. The van der Waals surface area contributed by atoms with Gasteiger partial charge in [-0.3, -0.25) is 0 Å². The zero-order valence-electron chi connectivity index (χ0n) is 12.9. The average Bonchev–Trinajstić information content (AvgIpc) is 3.13. The second-order valence-corrected chi connectivity index (χ2v) is 7.24. The largest absolute Gasteiger partial charge is 0.370 e. The van der Waals surface area contributed by atoms with Gasteiger partial charge < -0.3 is 15.0 Å². The summed E-state index contributed by atoms with van der Waals surface area (Å²) >= 11 is 1.85. The van der Waals surface area contributed by atoms with Crippen molar-refractivity contribution in [2.75, 3.05) is 44.7 Å². The highest BCUT2D eigenvalue weighted by Crippen LogP contribution is 2.38. The Hall–Kier alpha value is -1.24. The summed E-state index contributed by atoms with van der Waals surface area (Å²) in [4.78, 5) is 13.3. The number of quaternary nitrogens is 1. The summed E-state index contributed by atoms with van der Waals surface area (Å²) in [6.07, 6.45) is 6.56. The molecule has 0 spiro atoms. The SMILES string of the molecule is c1nc(NCCC[NH+]2CCOCC2)c2c3c(sc2n1)CCC3. The first-order chi connectivity index (χ1) is 10.9. The van der Waals surface area contributed by atoms with Crippen molar-refractivity contribution in [2.45, 2.75) is 25.7 Å². The standard InChI is InChI=1S/C16H22N4OS/c1-3-12-13(4-1)22-16-14(12)15(18-11-19-16)17-5-2-6-20-7-9-21-10-8-20/h11H,1-10H2,(H,17,18,19)/p+1. The van der Waals surface area contributed by atoms with Crippen LogP contribution in [0.4, 0.5) is 5.82 Å². The van der Waals surface area contributed by atoms with E-state index in [2.05, 4.69) is 15.3 Å². The number of nitrogens with zero attached hydrogens (tertiary/aromatic N) is 2. The van der Waals surface area contributed by atoms with E-state index in [0.29, 0.717) is 0 Å². The summed E-state index contributed by atoms with van der Waals surface area (Å²) in [5.41, 5.74) is 1.50. The molecule has 3 heterocycles. The Labute approximate surface area is 134 Å². The third kappa shape index (κ3) is 2.83. The van der Waals surface area contributed by atoms with E-state index in [-0.39, 0.29) is 0 Å². The van der Waals surface area contributed by atoms with Crippen LogP contribution in [0.2, 0.25) is 0 Å². The first-order valence-electron chi connectivity index (χ1n) is 8.32. The van der Waals surface area contributed by atoms with Crippen molar-refractivity contribution in [3.05, 3.63) is 16.8 Å². The third-order valence-electron chi connectivity index (χ3n) is 4.70. The fraction of sp³-hybridized carbons (Fsp3) is 0.625. The molecule has 0 unspecified atom stereocenters. The van der Waals surface area contributed by atoms with Gasteiger partial charge in [-0.1, -0.05) is 0 Å². The number of aromatic nitrogens is 2. The molecular formula is C16H23N4OS+. The molecule has 2 aromatic rings. The molecule has 22 heavy (non-hydrogen) atoms. The summed E-state index contributed by atoms with van der Waals surface area (Å²) in [6, 6.07) is 0. The lowest BCUT2D eigenvalue weighted by Crippen LogP contribution is -3.14. The van der Waals surface area contributed by atoms with Gasteiger partial charge in [0.15, 0.2) is 0 Å². The molecule has 2 aromatic heterocycles. The van der Waals surface area contributed by atoms with E-state index < -0.39 is 0 Å². The monoisotopic (exact) mass is 319 g/mol. The maximum Gasteiger partial charge on any atom is 0.138 e. The normalized spacial score (nSPS) is 18.7. The zero-order chi connectivity index (χ0) is 14.8. The lowest BCUT2D eigenvalue weighted by Gasteiger charge is -2.23. The minimum atomic E-state index is 0.913. The number of anilines is 1. The maximum atomic E-state index is 5.41. The van der Waals surface area contributed by atoms with Crippen LogP contribution in [0.5, 0.6) is 0 Å².